The minimum atomic E-state index is -1.08. The van der Waals surface area contributed by atoms with Crippen molar-refractivity contribution in [3.63, 3.8) is 0 Å². The van der Waals surface area contributed by atoms with Crippen molar-refractivity contribution in [1.82, 2.24) is 0 Å². The first kappa shape index (κ1) is 14.9. The molecule has 2 aliphatic carbocycles. The first-order valence-corrected chi connectivity index (χ1v) is 7.98. The molecule has 1 heterocycles. The number of carbonyl (C=O) groups excluding carboxylic acids is 2. The van der Waals surface area contributed by atoms with Gasteiger partial charge in [0.2, 0.25) is 11.8 Å². The number of aromatic carboxylic acids is 1. The number of nitrogens with zero attached hydrogens (tertiary/aromatic N) is 1. The summed E-state index contributed by atoms with van der Waals surface area (Å²) in [6.07, 6.45) is 4.08. The summed E-state index contributed by atoms with van der Waals surface area (Å²) in [6, 6.07) is 6.00. The second kappa shape index (κ2) is 4.90. The van der Waals surface area contributed by atoms with E-state index in [0.717, 1.165) is 0 Å². The normalized spacial score (nSPS) is 30.2. The van der Waals surface area contributed by atoms with Crippen LogP contribution in [0.4, 0.5) is 5.69 Å². The van der Waals surface area contributed by atoms with E-state index in [1.165, 1.54) is 28.2 Å². The van der Waals surface area contributed by atoms with Gasteiger partial charge in [0.1, 0.15) is 0 Å². The summed E-state index contributed by atoms with van der Waals surface area (Å²) in [5.74, 6) is -2.24. The molecule has 2 bridgehead atoms. The highest BCUT2D eigenvalue weighted by molar-refractivity contribution is 6.23. The third-order valence-electron chi connectivity index (χ3n) is 5.34. The van der Waals surface area contributed by atoms with Gasteiger partial charge in [-0.15, -0.1) is 0 Å². The Balaban J connectivity index is 1.76. The van der Waals surface area contributed by atoms with E-state index in [1.807, 2.05) is 26.0 Å². The number of anilines is 1. The van der Waals surface area contributed by atoms with Crippen molar-refractivity contribution in [2.45, 2.75) is 13.8 Å². The lowest BCUT2D eigenvalue weighted by molar-refractivity contribution is -0.122. The highest BCUT2D eigenvalue weighted by atomic mass is 16.4. The average Bonchev–Trinajstić information content (AvgIpc) is 3.17. The van der Waals surface area contributed by atoms with Crippen molar-refractivity contribution in [3.05, 3.63) is 53.1 Å². The van der Waals surface area contributed by atoms with Crippen LogP contribution in [0.5, 0.6) is 0 Å². The van der Waals surface area contributed by atoms with E-state index >= 15 is 0 Å². The summed E-state index contributed by atoms with van der Waals surface area (Å²) >= 11 is 0. The Bertz CT molecular complexity index is 813. The Labute approximate surface area is 139 Å². The first-order valence-electron chi connectivity index (χ1n) is 7.98. The number of amides is 2. The van der Waals surface area contributed by atoms with Gasteiger partial charge in [-0.05, 0) is 32.0 Å². The van der Waals surface area contributed by atoms with Gasteiger partial charge in [0.25, 0.3) is 0 Å². The molecule has 4 atom stereocenters. The SMILES string of the molecule is CC(C)=C1[C@@H]2C=C[C@@H]1[C@@H]1C(=O)N(c3cccc(C(=O)O)c3)C(=O)[C@H]12. The standard InChI is InChI=1S/C19H17NO4/c1-9(2)14-12-6-7-13(14)16-15(12)17(21)20(18(16)22)11-5-3-4-10(8-11)19(23)24/h3-8,12-13,15-16H,1-2H3,(H,23,24)/t12-,13-,15-,16-/m0/s1. The topological polar surface area (TPSA) is 74.7 Å². The second-order valence-electron chi connectivity index (χ2n) is 6.81. The van der Waals surface area contributed by atoms with E-state index in [1.54, 1.807) is 12.1 Å². The Morgan fingerprint density at radius 2 is 1.62 bits per heavy atom. The van der Waals surface area contributed by atoms with Crippen LogP contribution in [-0.4, -0.2) is 22.9 Å². The molecule has 24 heavy (non-hydrogen) atoms. The molecule has 0 radical (unpaired) electrons. The first-order chi connectivity index (χ1) is 11.4. The fourth-order valence-electron chi connectivity index (χ4n) is 4.46. The van der Waals surface area contributed by atoms with E-state index in [2.05, 4.69) is 0 Å². The lowest BCUT2D eigenvalue weighted by Gasteiger charge is -2.19. The highest BCUT2D eigenvalue weighted by Crippen LogP contribution is 2.57. The number of hydrogen-bond donors (Lipinski definition) is 1. The minimum absolute atomic E-state index is 0.00546. The molecule has 0 unspecified atom stereocenters. The maximum atomic E-state index is 12.9. The largest absolute Gasteiger partial charge is 0.478 e. The van der Waals surface area contributed by atoms with Gasteiger partial charge in [0, 0.05) is 11.8 Å². The van der Waals surface area contributed by atoms with Crippen molar-refractivity contribution < 1.29 is 19.5 Å². The van der Waals surface area contributed by atoms with Crippen molar-refractivity contribution in [3.8, 4) is 0 Å². The maximum Gasteiger partial charge on any atom is 0.335 e. The minimum Gasteiger partial charge on any atom is -0.478 e. The van der Waals surface area contributed by atoms with Crippen LogP contribution >= 0.6 is 0 Å². The number of carboxylic acid groups (broad SMARTS) is 1. The van der Waals surface area contributed by atoms with Crippen molar-refractivity contribution in [2.24, 2.45) is 23.7 Å². The lowest BCUT2D eigenvalue weighted by Crippen LogP contribution is -2.33. The summed E-state index contributed by atoms with van der Waals surface area (Å²) in [4.78, 5) is 38.2. The van der Waals surface area contributed by atoms with Crippen LogP contribution in [0.2, 0.25) is 0 Å². The predicted molar refractivity (Wildman–Crippen MR) is 87.4 cm³/mol. The van der Waals surface area contributed by atoms with Gasteiger partial charge in [-0.2, -0.15) is 0 Å². The molecule has 1 N–H and O–H groups in total. The number of allylic oxidation sites excluding steroid dienone is 4. The number of hydrogen-bond acceptors (Lipinski definition) is 3. The van der Waals surface area contributed by atoms with Crippen molar-refractivity contribution in [2.75, 3.05) is 4.90 Å². The fourth-order valence-corrected chi connectivity index (χ4v) is 4.46. The Morgan fingerprint density at radius 1 is 1.04 bits per heavy atom. The number of imide groups is 1. The monoisotopic (exact) mass is 323 g/mol. The number of carbonyl (C=O) groups is 3. The number of benzene rings is 1. The van der Waals surface area contributed by atoms with Crippen molar-refractivity contribution >= 4 is 23.5 Å². The molecule has 0 spiro atoms. The summed E-state index contributed by atoms with van der Waals surface area (Å²) in [5, 5.41) is 9.13. The molecule has 4 rings (SSSR count). The second-order valence-corrected chi connectivity index (χ2v) is 6.81. The Morgan fingerprint density at radius 3 is 2.12 bits per heavy atom. The van der Waals surface area contributed by atoms with Crippen LogP contribution in [0.25, 0.3) is 0 Å². The number of carboxylic acids is 1. The van der Waals surface area contributed by atoms with Crippen molar-refractivity contribution in [1.29, 1.82) is 0 Å². The number of fused-ring (bicyclic) bond motifs is 5. The zero-order valence-electron chi connectivity index (χ0n) is 13.4. The van der Waals surface area contributed by atoms with E-state index in [9.17, 15) is 14.4 Å². The third-order valence-corrected chi connectivity index (χ3v) is 5.34. The lowest BCUT2D eigenvalue weighted by atomic mass is 9.85. The average molecular weight is 323 g/mol. The van der Waals surface area contributed by atoms with E-state index in [4.69, 9.17) is 5.11 Å². The molecule has 5 nitrogen and oxygen atoms in total. The molecule has 2 amide bonds. The summed E-state index contributed by atoms with van der Waals surface area (Å²) in [6.45, 7) is 4.04. The molecule has 1 saturated heterocycles. The van der Waals surface area contributed by atoms with Gasteiger partial charge in [-0.3, -0.25) is 9.59 Å². The molecule has 1 aromatic rings. The molecule has 0 aromatic heterocycles. The van der Waals surface area contributed by atoms with Crippen LogP contribution < -0.4 is 4.90 Å². The van der Waals surface area contributed by atoms with E-state index in [0.29, 0.717) is 5.69 Å². The van der Waals surface area contributed by atoms with Gasteiger partial charge in [-0.25, -0.2) is 9.69 Å². The smallest absolute Gasteiger partial charge is 0.335 e. The zero-order valence-corrected chi connectivity index (χ0v) is 13.4. The fraction of sp³-hybridized carbons (Fsp3) is 0.316. The molecule has 5 heteroatoms. The van der Waals surface area contributed by atoms with Crippen LogP contribution in [0.3, 0.4) is 0 Å². The number of rotatable bonds is 2. The van der Waals surface area contributed by atoms with Gasteiger partial charge in [0.05, 0.1) is 23.1 Å². The maximum absolute atomic E-state index is 12.9. The van der Waals surface area contributed by atoms with E-state index < -0.39 is 5.97 Å². The molecule has 1 aromatic carbocycles. The van der Waals surface area contributed by atoms with Gasteiger partial charge in [-0.1, -0.05) is 29.4 Å². The molecule has 2 fully saturated rings. The molecule has 122 valence electrons. The zero-order chi connectivity index (χ0) is 17.2. The highest BCUT2D eigenvalue weighted by Gasteiger charge is 2.61. The summed E-state index contributed by atoms with van der Waals surface area (Å²) in [7, 11) is 0. The van der Waals surface area contributed by atoms with Gasteiger partial charge < -0.3 is 5.11 Å². The molecule has 1 saturated carbocycles. The van der Waals surface area contributed by atoms with Crippen LogP contribution in [0.1, 0.15) is 24.2 Å². The molecule has 1 aliphatic heterocycles. The molecule has 3 aliphatic rings. The Kier molecular flexibility index (Phi) is 3.04. The van der Waals surface area contributed by atoms with Gasteiger partial charge in [0.15, 0.2) is 0 Å². The summed E-state index contributed by atoms with van der Waals surface area (Å²) < 4.78 is 0. The van der Waals surface area contributed by atoms with Crippen LogP contribution in [0, 0.1) is 23.7 Å². The third kappa shape index (κ3) is 1.78. The quantitative estimate of drug-likeness (QED) is 0.670. The summed E-state index contributed by atoms with van der Waals surface area (Å²) in [5.41, 5.74) is 2.78. The van der Waals surface area contributed by atoms with Crippen LogP contribution in [0.15, 0.2) is 47.6 Å². The molecular formula is C19H17NO4. The van der Waals surface area contributed by atoms with E-state index in [-0.39, 0.29) is 41.0 Å². The van der Waals surface area contributed by atoms with Crippen LogP contribution in [-0.2, 0) is 9.59 Å². The Hall–Kier alpha value is -2.69. The van der Waals surface area contributed by atoms with Gasteiger partial charge >= 0.3 is 5.97 Å². The predicted octanol–water partition coefficient (Wildman–Crippen LogP) is 2.64. The molecular weight excluding hydrogens is 306 g/mol.